The molecule has 1 saturated heterocycles. The summed E-state index contributed by atoms with van der Waals surface area (Å²) in [6, 6.07) is 19.5. The molecule has 0 saturated carbocycles. The van der Waals surface area contributed by atoms with Gasteiger partial charge in [0.05, 0.1) is 22.9 Å². The summed E-state index contributed by atoms with van der Waals surface area (Å²) >= 11 is 0. The van der Waals surface area contributed by atoms with Crippen LogP contribution in [0.25, 0.3) is 22.3 Å². The van der Waals surface area contributed by atoms with Gasteiger partial charge in [0.1, 0.15) is 11.5 Å². The normalized spacial score (nSPS) is 14.3. The highest BCUT2D eigenvalue weighted by Crippen LogP contribution is 2.28. The molecular formula is C22H20N6O. The Morgan fingerprint density at radius 1 is 0.828 bits per heavy atom. The Labute approximate surface area is 167 Å². The van der Waals surface area contributed by atoms with Gasteiger partial charge in [-0.1, -0.05) is 42.5 Å². The summed E-state index contributed by atoms with van der Waals surface area (Å²) in [4.78, 5) is 25.7. The fourth-order valence-electron chi connectivity index (χ4n) is 3.72. The van der Waals surface area contributed by atoms with E-state index in [1.807, 2.05) is 60.8 Å². The van der Waals surface area contributed by atoms with Crippen molar-refractivity contribution in [1.82, 2.24) is 20.2 Å². The number of benzene rings is 2. The third-order valence-electron chi connectivity index (χ3n) is 5.22. The van der Waals surface area contributed by atoms with Crippen LogP contribution in [0.2, 0.25) is 0 Å². The van der Waals surface area contributed by atoms with Gasteiger partial charge in [0.25, 0.3) is 5.56 Å². The van der Waals surface area contributed by atoms with Crippen molar-refractivity contribution in [3.63, 3.8) is 0 Å². The first-order valence-corrected chi connectivity index (χ1v) is 9.65. The molecule has 0 unspecified atom stereocenters. The first kappa shape index (κ1) is 17.4. The third kappa shape index (κ3) is 3.42. The fourth-order valence-corrected chi connectivity index (χ4v) is 3.72. The SMILES string of the molecule is O=c1cc(N2CCN(c3cnc4ccccc4n3)CC2)c(-c2ccccc2)n[nH]1. The van der Waals surface area contributed by atoms with E-state index in [0.717, 1.165) is 60.0 Å². The van der Waals surface area contributed by atoms with Crippen LogP contribution in [0.15, 0.2) is 71.7 Å². The van der Waals surface area contributed by atoms with Gasteiger partial charge in [0, 0.05) is 37.8 Å². The van der Waals surface area contributed by atoms with Gasteiger partial charge in [0.15, 0.2) is 0 Å². The molecule has 0 atom stereocenters. The van der Waals surface area contributed by atoms with Crippen molar-refractivity contribution in [2.75, 3.05) is 36.0 Å². The van der Waals surface area contributed by atoms with Gasteiger partial charge in [-0.05, 0) is 12.1 Å². The molecule has 0 bridgehead atoms. The van der Waals surface area contributed by atoms with Gasteiger partial charge in [-0.25, -0.2) is 10.1 Å². The molecule has 1 N–H and O–H groups in total. The van der Waals surface area contributed by atoms with Crippen LogP contribution in [0.3, 0.4) is 0 Å². The van der Waals surface area contributed by atoms with Crippen molar-refractivity contribution in [3.05, 3.63) is 77.2 Å². The first-order valence-electron chi connectivity index (χ1n) is 9.65. The van der Waals surface area contributed by atoms with Gasteiger partial charge in [-0.3, -0.25) is 9.78 Å². The van der Waals surface area contributed by atoms with Crippen LogP contribution in [-0.2, 0) is 0 Å². The van der Waals surface area contributed by atoms with Crippen molar-refractivity contribution >= 4 is 22.5 Å². The number of para-hydroxylation sites is 2. The largest absolute Gasteiger partial charge is 0.366 e. The molecule has 4 aromatic rings. The Hall–Kier alpha value is -3.74. The molecule has 1 aliphatic rings. The Bertz CT molecular complexity index is 1200. The summed E-state index contributed by atoms with van der Waals surface area (Å²) in [5, 5.41) is 6.89. The highest BCUT2D eigenvalue weighted by atomic mass is 16.1. The maximum atomic E-state index is 12.0. The number of fused-ring (bicyclic) bond motifs is 1. The molecule has 7 nitrogen and oxygen atoms in total. The van der Waals surface area contributed by atoms with E-state index in [1.54, 1.807) is 6.07 Å². The van der Waals surface area contributed by atoms with Gasteiger partial charge in [0.2, 0.25) is 0 Å². The topological polar surface area (TPSA) is 78.0 Å². The van der Waals surface area contributed by atoms with Crippen LogP contribution in [0.1, 0.15) is 0 Å². The van der Waals surface area contributed by atoms with E-state index in [0.29, 0.717) is 0 Å². The Balaban J connectivity index is 1.39. The van der Waals surface area contributed by atoms with Crippen LogP contribution in [0.5, 0.6) is 0 Å². The van der Waals surface area contributed by atoms with Crippen LogP contribution in [0, 0.1) is 0 Å². The van der Waals surface area contributed by atoms with Crippen molar-refractivity contribution in [1.29, 1.82) is 0 Å². The average Bonchev–Trinajstić information content (AvgIpc) is 2.79. The van der Waals surface area contributed by atoms with Crippen LogP contribution < -0.4 is 15.4 Å². The second-order valence-electron chi connectivity index (χ2n) is 7.02. The van der Waals surface area contributed by atoms with Crippen LogP contribution in [-0.4, -0.2) is 46.3 Å². The molecule has 0 radical (unpaired) electrons. The molecule has 2 aromatic carbocycles. The molecule has 0 amide bonds. The van der Waals surface area contributed by atoms with Gasteiger partial charge >= 0.3 is 0 Å². The summed E-state index contributed by atoms with van der Waals surface area (Å²) in [5.74, 6) is 0.885. The molecule has 7 heteroatoms. The number of rotatable bonds is 3. The summed E-state index contributed by atoms with van der Waals surface area (Å²) in [6.45, 7) is 3.15. The highest BCUT2D eigenvalue weighted by Gasteiger charge is 2.22. The van der Waals surface area contributed by atoms with Crippen molar-refractivity contribution in [2.45, 2.75) is 0 Å². The summed E-state index contributed by atoms with van der Waals surface area (Å²) in [6.07, 6.45) is 1.84. The number of hydrogen-bond acceptors (Lipinski definition) is 6. The van der Waals surface area contributed by atoms with Crippen LogP contribution in [0.4, 0.5) is 11.5 Å². The third-order valence-corrected chi connectivity index (χ3v) is 5.22. The predicted molar refractivity (Wildman–Crippen MR) is 114 cm³/mol. The number of anilines is 2. The second kappa shape index (κ2) is 7.35. The molecule has 2 aromatic heterocycles. The summed E-state index contributed by atoms with van der Waals surface area (Å²) in [7, 11) is 0. The van der Waals surface area contributed by atoms with E-state index in [9.17, 15) is 4.79 Å². The standard InChI is InChI=1S/C22H20N6O/c29-21-14-19(22(26-25-21)16-6-2-1-3-7-16)27-10-12-28(13-11-27)20-15-23-17-8-4-5-9-18(17)24-20/h1-9,14-15H,10-13H2,(H,25,29). The van der Waals surface area contributed by atoms with E-state index in [1.165, 1.54) is 0 Å². The zero-order valence-corrected chi connectivity index (χ0v) is 15.8. The highest BCUT2D eigenvalue weighted by molar-refractivity contribution is 5.76. The van der Waals surface area contributed by atoms with E-state index < -0.39 is 0 Å². The Morgan fingerprint density at radius 2 is 1.52 bits per heavy atom. The minimum Gasteiger partial charge on any atom is -0.366 e. The lowest BCUT2D eigenvalue weighted by atomic mass is 10.1. The maximum absolute atomic E-state index is 12.0. The Morgan fingerprint density at radius 3 is 2.31 bits per heavy atom. The molecule has 0 spiro atoms. The van der Waals surface area contributed by atoms with Crippen molar-refractivity contribution in [2.24, 2.45) is 0 Å². The van der Waals surface area contributed by atoms with Gasteiger partial charge < -0.3 is 9.80 Å². The minimum absolute atomic E-state index is 0.192. The molecule has 1 aliphatic heterocycles. The van der Waals surface area contributed by atoms with Gasteiger partial charge in [-0.15, -0.1) is 0 Å². The van der Waals surface area contributed by atoms with E-state index in [4.69, 9.17) is 4.98 Å². The number of aromatic amines is 1. The van der Waals surface area contributed by atoms with Gasteiger partial charge in [-0.2, -0.15) is 5.10 Å². The molecule has 1 fully saturated rings. The first-order chi connectivity index (χ1) is 14.3. The average molecular weight is 384 g/mol. The number of aromatic nitrogens is 4. The maximum Gasteiger partial charge on any atom is 0.266 e. The summed E-state index contributed by atoms with van der Waals surface area (Å²) in [5.41, 5.74) is 4.26. The minimum atomic E-state index is -0.192. The van der Waals surface area contributed by atoms with Crippen LogP contribution >= 0.6 is 0 Å². The number of nitrogens with one attached hydrogen (secondary N) is 1. The van der Waals surface area contributed by atoms with Crippen molar-refractivity contribution < 1.29 is 0 Å². The smallest absolute Gasteiger partial charge is 0.266 e. The lowest BCUT2D eigenvalue weighted by Crippen LogP contribution is -2.47. The number of H-pyrrole nitrogens is 1. The molecule has 3 heterocycles. The zero-order valence-electron chi connectivity index (χ0n) is 15.8. The molecule has 144 valence electrons. The fraction of sp³-hybridized carbons (Fsp3) is 0.182. The monoisotopic (exact) mass is 384 g/mol. The molecule has 29 heavy (non-hydrogen) atoms. The second-order valence-corrected chi connectivity index (χ2v) is 7.02. The lowest BCUT2D eigenvalue weighted by Gasteiger charge is -2.37. The number of piperazine rings is 1. The predicted octanol–water partition coefficient (Wildman–Crippen LogP) is 2.71. The molecular weight excluding hydrogens is 364 g/mol. The lowest BCUT2D eigenvalue weighted by molar-refractivity contribution is 0.646. The molecule has 0 aliphatic carbocycles. The number of nitrogens with zero attached hydrogens (tertiary/aromatic N) is 5. The number of hydrogen-bond donors (Lipinski definition) is 1. The zero-order chi connectivity index (χ0) is 19.6. The quantitative estimate of drug-likeness (QED) is 0.585. The van der Waals surface area contributed by atoms with Crippen molar-refractivity contribution in [3.8, 4) is 11.3 Å². The Kier molecular flexibility index (Phi) is 4.40. The van der Waals surface area contributed by atoms with E-state index in [2.05, 4.69) is 25.0 Å². The summed E-state index contributed by atoms with van der Waals surface area (Å²) < 4.78 is 0. The van der Waals surface area contributed by atoms with E-state index >= 15 is 0 Å². The van der Waals surface area contributed by atoms with E-state index in [-0.39, 0.29) is 5.56 Å². The molecule has 5 rings (SSSR count).